The monoisotopic (exact) mass is 341 g/mol. The number of hydrazone groups is 1. The Morgan fingerprint density at radius 3 is 2.28 bits per heavy atom. The van der Waals surface area contributed by atoms with Crippen LogP contribution < -0.4 is 10.3 Å². The zero-order valence-electron chi connectivity index (χ0n) is 14.0. The Hall–Kier alpha value is -2.73. The number of benzene rings is 2. The van der Waals surface area contributed by atoms with E-state index >= 15 is 0 Å². The van der Waals surface area contributed by atoms with E-state index < -0.39 is 0 Å². The zero-order chi connectivity index (χ0) is 17.6. The van der Waals surface area contributed by atoms with Crippen molar-refractivity contribution >= 4 is 17.3 Å². The fourth-order valence-electron chi connectivity index (χ4n) is 2.60. The molecule has 0 spiro atoms. The van der Waals surface area contributed by atoms with Crippen LogP contribution in [0.15, 0.2) is 53.6 Å². The SMILES string of the molecule is C/C(=N/NC(=O)c1ccc(F)cc1)c1ccc(N2CCOCC2)cc1. The number of hydrogen-bond acceptors (Lipinski definition) is 4. The number of halogens is 1. The number of ether oxygens (including phenoxy) is 1. The fraction of sp³-hybridized carbons (Fsp3) is 0.263. The van der Waals surface area contributed by atoms with E-state index in [0.717, 1.165) is 37.6 Å². The second-order valence-electron chi connectivity index (χ2n) is 5.79. The number of anilines is 1. The average molecular weight is 341 g/mol. The van der Waals surface area contributed by atoms with E-state index in [1.165, 1.54) is 24.3 Å². The summed E-state index contributed by atoms with van der Waals surface area (Å²) in [6.07, 6.45) is 0. The summed E-state index contributed by atoms with van der Waals surface area (Å²) in [5.41, 5.74) is 5.63. The highest BCUT2D eigenvalue weighted by Crippen LogP contribution is 2.17. The molecule has 1 heterocycles. The van der Waals surface area contributed by atoms with E-state index in [-0.39, 0.29) is 11.7 Å². The maximum Gasteiger partial charge on any atom is 0.271 e. The molecular formula is C19H20FN3O2. The van der Waals surface area contributed by atoms with Crippen LogP contribution in [0.3, 0.4) is 0 Å². The summed E-state index contributed by atoms with van der Waals surface area (Å²) in [6.45, 7) is 5.10. The van der Waals surface area contributed by atoms with Crippen molar-refractivity contribution in [1.29, 1.82) is 0 Å². The van der Waals surface area contributed by atoms with Gasteiger partial charge in [-0.25, -0.2) is 9.82 Å². The minimum atomic E-state index is -0.378. The molecule has 0 unspecified atom stereocenters. The minimum Gasteiger partial charge on any atom is -0.378 e. The molecule has 0 aliphatic carbocycles. The molecule has 1 N–H and O–H groups in total. The summed E-state index contributed by atoms with van der Waals surface area (Å²) in [7, 11) is 0. The van der Waals surface area contributed by atoms with Crippen molar-refractivity contribution in [1.82, 2.24) is 5.43 Å². The number of carbonyl (C=O) groups is 1. The largest absolute Gasteiger partial charge is 0.378 e. The van der Waals surface area contributed by atoms with E-state index in [1.54, 1.807) is 0 Å². The lowest BCUT2D eigenvalue weighted by atomic mass is 10.1. The first kappa shape index (κ1) is 17.1. The molecule has 0 radical (unpaired) electrons. The van der Waals surface area contributed by atoms with Gasteiger partial charge in [-0.1, -0.05) is 12.1 Å². The molecule has 25 heavy (non-hydrogen) atoms. The summed E-state index contributed by atoms with van der Waals surface area (Å²) in [6, 6.07) is 13.4. The Morgan fingerprint density at radius 1 is 1.04 bits per heavy atom. The van der Waals surface area contributed by atoms with Crippen molar-refractivity contribution in [2.75, 3.05) is 31.2 Å². The quantitative estimate of drug-likeness (QED) is 0.687. The molecule has 1 saturated heterocycles. The summed E-state index contributed by atoms with van der Waals surface area (Å²) in [5.74, 6) is -0.749. The van der Waals surface area contributed by atoms with E-state index in [2.05, 4.69) is 15.4 Å². The lowest BCUT2D eigenvalue weighted by Gasteiger charge is -2.28. The van der Waals surface area contributed by atoms with E-state index in [0.29, 0.717) is 11.3 Å². The molecule has 6 heteroatoms. The van der Waals surface area contributed by atoms with Crippen molar-refractivity contribution in [3.8, 4) is 0 Å². The van der Waals surface area contributed by atoms with Gasteiger partial charge >= 0.3 is 0 Å². The number of carbonyl (C=O) groups excluding carboxylic acids is 1. The second kappa shape index (κ2) is 7.90. The van der Waals surface area contributed by atoms with Crippen LogP contribution in [-0.4, -0.2) is 37.9 Å². The van der Waals surface area contributed by atoms with Crippen LogP contribution in [0.1, 0.15) is 22.8 Å². The van der Waals surface area contributed by atoms with E-state index in [1.807, 2.05) is 31.2 Å². The molecule has 2 aromatic rings. The molecule has 3 rings (SSSR count). The fourth-order valence-corrected chi connectivity index (χ4v) is 2.60. The summed E-state index contributed by atoms with van der Waals surface area (Å²) in [4.78, 5) is 14.3. The molecule has 130 valence electrons. The third-order valence-corrected chi connectivity index (χ3v) is 4.09. The number of nitrogens with zero attached hydrogens (tertiary/aromatic N) is 2. The Bertz CT molecular complexity index is 751. The molecule has 1 amide bonds. The van der Waals surface area contributed by atoms with Gasteiger partial charge in [0.1, 0.15) is 5.82 Å². The van der Waals surface area contributed by atoms with Crippen LogP contribution >= 0.6 is 0 Å². The maximum atomic E-state index is 12.9. The first-order valence-corrected chi connectivity index (χ1v) is 8.17. The van der Waals surface area contributed by atoms with Crippen molar-refractivity contribution in [3.05, 3.63) is 65.5 Å². The number of amides is 1. The van der Waals surface area contributed by atoms with Gasteiger partial charge in [-0.05, 0) is 48.9 Å². The van der Waals surface area contributed by atoms with Gasteiger partial charge in [0, 0.05) is 24.3 Å². The van der Waals surface area contributed by atoms with Gasteiger partial charge in [-0.3, -0.25) is 4.79 Å². The number of morpholine rings is 1. The molecule has 5 nitrogen and oxygen atoms in total. The highest BCUT2D eigenvalue weighted by molar-refractivity contribution is 6.01. The second-order valence-corrected chi connectivity index (χ2v) is 5.79. The third kappa shape index (κ3) is 4.42. The molecule has 1 aliphatic rings. The first-order valence-electron chi connectivity index (χ1n) is 8.17. The van der Waals surface area contributed by atoms with Crippen LogP contribution in [0, 0.1) is 5.82 Å². The Morgan fingerprint density at radius 2 is 1.64 bits per heavy atom. The highest BCUT2D eigenvalue weighted by atomic mass is 19.1. The predicted octanol–water partition coefficient (Wildman–Crippen LogP) is 2.82. The molecule has 1 fully saturated rings. The standard InChI is InChI=1S/C19H20FN3O2/c1-14(21-22-19(24)16-2-6-17(20)7-3-16)15-4-8-18(9-5-15)23-10-12-25-13-11-23/h2-9H,10-13H2,1H3,(H,22,24)/b21-14-. The summed E-state index contributed by atoms with van der Waals surface area (Å²) in [5, 5.41) is 4.13. The van der Waals surface area contributed by atoms with Crippen molar-refractivity contribution in [2.24, 2.45) is 5.10 Å². The lowest BCUT2D eigenvalue weighted by molar-refractivity contribution is 0.0955. The van der Waals surface area contributed by atoms with Crippen molar-refractivity contribution in [3.63, 3.8) is 0 Å². The highest BCUT2D eigenvalue weighted by Gasteiger charge is 2.11. The molecule has 1 aliphatic heterocycles. The molecule has 0 aromatic heterocycles. The van der Waals surface area contributed by atoms with Crippen LogP contribution in [0.25, 0.3) is 0 Å². The minimum absolute atomic E-state index is 0.362. The van der Waals surface area contributed by atoms with E-state index in [4.69, 9.17) is 4.74 Å². The van der Waals surface area contributed by atoms with E-state index in [9.17, 15) is 9.18 Å². The van der Waals surface area contributed by atoms with Crippen molar-refractivity contribution in [2.45, 2.75) is 6.92 Å². The molecular weight excluding hydrogens is 321 g/mol. The predicted molar refractivity (Wildman–Crippen MR) is 95.6 cm³/mol. The first-order chi connectivity index (χ1) is 12.1. The van der Waals surface area contributed by atoms with Crippen LogP contribution in [0.5, 0.6) is 0 Å². The molecule has 0 atom stereocenters. The van der Waals surface area contributed by atoms with Gasteiger partial charge in [0.15, 0.2) is 0 Å². The van der Waals surface area contributed by atoms with Crippen molar-refractivity contribution < 1.29 is 13.9 Å². The lowest BCUT2D eigenvalue weighted by Crippen LogP contribution is -2.36. The Balaban J connectivity index is 1.63. The number of hydrogen-bond donors (Lipinski definition) is 1. The smallest absolute Gasteiger partial charge is 0.271 e. The van der Waals surface area contributed by atoms with Gasteiger partial charge in [-0.2, -0.15) is 5.10 Å². The number of rotatable bonds is 4. The Labute approximate surface area is 146 Å². The van der Waals surface area contributed by atoms with Crippen LogP contribution in [0.2, 0.25) is 0 Å². The number of nitrogens with one attached hydrogen (secondary N) is 1. The van der Waals surface area contributed by atoms with Gasteiger partial charge in [0.2, 0.25) is 0 Å². The van der Waals surface area contributed by atoms with Crippen LogP contribution in [-0.2, 0) is 4.74 Å². The average Bonchev–Trinajstić information content (AvgIpc) is 2.67. The van der Waals surface area contributed by atoms with Gasteiger partial charge in [0.25, 0.3) is 5.91 Å². The molecule has 0 bridgehead atoms. The van der Waals surface area contributed by atoms with Gasteiger partial charge in [0.05, 0.1) is 18.9 Å². The summed E-state index contributed by atoms with van der Waals surface area (Å²) < 4.78 is 18.2. The zero-order valence-corrected chi connectivity index (χ0v) is 14.0. The third-order valence-electron chi connectivity index (χ3n) is 4.09. The summed E-state index contributed by atoms with van der Waals surface area (Å²) >= 11 is 0. The molecule has 2 aromatic carbocycles. The van der Waals surface area contributed by atoms with Crippen LogP contribution in [0.4, 0.5) is 10.1 Å². The normalized spacial score (nSPS) is 15.1. The topological polar surface area (TPSA) is 53.9 Å². The molecule has 0 saturated carbocycles. The van der Waals surface area contributed by atoms with Gasteiger partial charge in [-0.15, -0.1) is 0 Å². The Kier molecular flexibility index (Phi) is 5.40. The maximum absolute atomic E-state index is 12.9. The van der Waals surface area contributed by atoms with Gasteiger partial charge < -0.3 is 9.64 Å².